The maximum absolute atomic E-state index is 12.0. The third-order valence-electron chi connectivity index (χ3n) is 3.50. The van der Waals surface area contributed by atoms with Gasteiger partial charge in [0.15, 0.2) is 0 Å². The van der Waals surface area contributed by atoms with Crippen molar-refractivity contribution in [3.05, 3.63) is 30.1 Å². The van der Waals surface area contributed by atoms with Crippen molar-refractivity contribution in [2.75, 3.05) is 13.6 Å². The third-order valence-corrected chi connectivity index (χ3v) is 3.50. The van der Waals surface area contributed by atoms with Crippen LogP contribution in [0.4, 0.5) is 0 Å². The van der Waals surface area contributed by atoms with Crippen molar-refractivity contribution in [1.82, 2.24) is 20.7 Å². The van der Waals surface area contributed by atoms with Crippen LogP contribution in [0, 0.1) is 5.92 Å². The predicted octanol–water partition coefficient (Wildman–Crippen LogP) is -0.360. The van der Waals surface area contributed by atoms with Crippen molar-refractivity contribution in [3.8, 4) is 0 Å². The largest absolute Gasteiger partial charge is 0.345 e. The van der Waals surface area contributed by atoms with Crippen molar-refractivity contribution in [2.45, 2.75) is 19.3 Å². The highest BCUT2D eigenvalue weighted by molar-refractivity contribution is 6.05. The van der Waals surface area contributed by atoms with Crippen LogP contribution in [0.1, 0.15) is 18.4 Å². The summed E-state index contributed by atoms with van der Waals surface area (Å²) in [5.74, 6) is -1.57. The number of nitrogens with one attached hydrogen (secondary N) is 2. The molecule has 1 aliphatic heterocycles. The second-order valence-electron chi connectivity index (χ2n) is 4.99. The van der Waals surface area contributed by atoms with E-state index in [1.54, 1.807) is 24.3 Å². The number of pyridine rings is 1. The van der Waals surface area contributed by atoms with E-state index < -0.39 is 5.92 Å². The molecule has 21 heavy (non-hydrogen) atoms. The molecule has 0 aromatic carbocycles. The first-order chi connectivity index (χ1) is 10.1. The van der Waals surface area contributed by atoms with E-state index >= 15 is 0 Å². The van der Waals surface area contributed by atoms with Crippen LogP contribution in [0.15, 0.2) is 24.5 Å². The summed E-state index contributed by atoms with van der Waals surface area (Å²) in [4.78, 5) is 40.2. The Hall–Kier alpha value is -2.44. The summed E-state index contributed by atoms with van der Waals surface area (Å²) in [6.07, 6.45) is 4.59. The number of hydrazine groups is 1. The molecule has 7 heteroatoms. The number of amides is 3. The number of carbonyl (C=O) groups is 3. The number of rotatable bonds is 6. The molecule has 0 aliphatic carbocycles. The lowest BCUT2D eigenvalue weighted by molar-refractivity contribution is -0.131. The Kier molecular flexibility index (Phi) is 4.86. The molecule has 0 atom stereocenters. The topological polar surface area (TPSA) is 91.4 Å². The average molecular weight is 290 g/mol. The van der Waals surface area contributed by atoms with Crippen molar-refractivity contribution >= 4 is 17.7 Å². The van der Waals surface area contributed by atoms with Gasteiger partial charge in [-0.1, -0.05) is 0 Å². The average Bonchev–Trinajstić information content (AvgIpc) is 2.82. The molecular weight excluding hydrogens is 272 g/mol. The van der Waals surface area contributed by atoms with Gasteiger partial charge < -0.3 is 4.90 Å². The van der Waals surface area contributed by atoms with E-state index in [0.29, 0.717) is 6.54 Å². The minimum absolute atomic E-state index is 0.0726. The summed E-state index contributed by atoms with van der Waals surface area (Å²) < 4.78 is 0. The Balaban J connectivity index is 1.75. The van der Waals surface area contributed by atoms with Gasteiger partial charge in [-0.05, 0) is 30.5 Å². The van der Waals surface area contributed by atoms with Crippen LogP contribution >= 0.6 is 0 Å². The quantitative estimate of drug-likeness (QED) is 0.700. The summed E-state index contributed by atoms with van der Waals surface area (Å²) in [7, 11) is 1.72. The molecule has 3 amide bonds. The lowest BCUT2D eigenvalue weighted by Crippen LogP contribution is -2.30. The van der Waals surface area contributed by atoms with Crippen molar-refractivity contribution in [1.29, 1.82) is 0 Å². The first-order valence-electron chi connectivity index (χ1n) is 6.80. The molecule has 1 aliphatic rings. The fourth-order valence-corrected chi connectivity index (χ4v) is 2.11. The van der Waals surface area contributed by atoms with E-state index in [1.165, 1.54) is 0 Å². The summed E-state index contributed by atoms with van der Waals surface area (Å²) in [6.45, 7) is 0.589. The summed E-state index contributed by atoms with van der Waals surface area (Å²) >= 11 is 0. The van der Waals surface area contributed by atoms with Gasteiger partial charge in [0.1, 0.15) is 5.92 Å². The van der Waals surface area contributed by atoms with Gasteiger partial charge in [-0.2, -0.15) is 0 Å². The third kappa shape index (κ3) is 4.01. The summed E-state index contributed by atoms with van der Waals surface area (Å²) in [5, 5.41) is 0. The van der Waals surface area contributed by atoms with Gasteiger partial charge in [0.05, 0.1) is 0 Å². The van der Waals surface area contributed by atoms with Crippen molar-refractivity contribution in [2.24, 2.45) is 5.92 Å². The van der Waals surface area contributed by atoms with E-state index in [2.05, 4.69) is 15.8 Å². The molecule has 2 rings (SSSR count). The van der Waals surface area contributed by atoms with E-state index in [-0.39, 0.29) is 30.6 Å². The van der Waals surface area contributed by atoms with Gasteiger partial charge in [-0.25, -0.2) is 0 Å². The number of carbonyl (C=O) groups excluding carboxylic acids is 3. The second kappa shape index (κ2) is 6.83. The van der Waals surface area contributed by atoms with E-state index in [9.17, 15) is 14.4 Å². The fourth-order valence-electron chi connectivity index (χ4n) is 2.11. The first kappa shape index (κ1) is 15.0. The highest BCUT2D eigenvalue weighted by atomic mass is 16.2. The SMILES string of the molecule is CN(CCc1ccncc1)C(=O)CCC1C(=O)NNC1=O. The van der Waals surface area contributed by atoms with Crippen LogP contribution in [0.2, 0.25) is 0 Å². The van der Waals surface area contributed by atoms with Gasteiger partial charge in [0.2, 0.25) is 5.91 Å². The Morgan fingerprint density at radius 2 is 1.86 bits per heavy atom. The molecule has 1 saturated heterocycles. The van der Waals surface area contributed by atoms with Crippen LogP contribution in [-0.4, -0.2) is 41.2 Å². The van der Waals surface area contributed by atoms with Gasteiger partial charge in [-0.3, -0.25) is 30.2 Å². The maximum atomic E-state index is 12.0. The number of likely N-dealkylation sites (N-methyl/N-ethyl adjacent to an activating group) is 1. The zero-order valence-electron chi connectivity index (χ0n) is 11.8. The highest BCUT2D eigenvalue weighted by Crippen LogP contribution is 2.11. The molecule has 7 nitrogen and oxygen atoms in total. The van der Waals surface area contributed by atoms with Gasteiger partial charge in [0.25, 0.3) is 11.8 Å². The molecule has 0 radical (unpaired) electrons. The van der Waals surface area contributed by atoms with Gasteiger partial charge in [-0.15, -0.1) is 0 Å². The molecule has 1 aromatic heterocycles. The normalized spacial score (nSPS) is 14.7. The molecule has 0 unspecified atom stereocenters. The zero-order chi connectivity index (χ0) is 15.2. The van der Waals surface area contributed by atoms with E-state index in [4.69, 9.17) is 0 Å². The molecule has 2 N–H and O–H groups in total. The molecule has 1 fully saturated rings. The van der Waals surface area contributed by atoms with Crippen LogP contribution < -0.4 is 10.9 Å². The standard InChI is InChI=1S/C14H18N4O3/c1-18(9-6-10-4-7-15-8-5-10)12(19)3-2-11-13(20)16-17-14(11)21/h4-5,7-8,11H,2-3,6,9H2,1H3,(H,16,20)(H,17,21). The molecule has 112 valence electrons. The first-order valence-corrected chi connectivity index (χ1v) is 6.80. The monoisotopic (exact) mass is 290 g/mol. The zero-order valence-corrected chi connectivity index (χ0v) is 11.8. The van der Waals surface area contributed by atoms with Crippen molar-refractivity contribution in [3.63, 3.8) is 0 Å². The van der Waals surface area contributed by atoms with Crippen LogP contribution in [-0.2, 0) is 20.8 Å². The van der Waals surface area contributed by atoms with E-state index in [0.717, 1.165) is 12.0 Å². The second-order valence-corrected chi connectivity index (χ2v) is 4.99. The number of aromatic nitrogens is 1. The molecule has 2 heterocycles. The Labute approximate surface area is 122 Å². The summed E-state index contributed by atoms with van der Waals surface area (Å²) in [5.41, 5.74) is 5.61. The number of hydrogen-bond donors (Lipinski definition) is 2. The van der Waals surface area contributed by atoms with E-state index in [1.807, 2.05) is 12.1 Å². The Morgan fingerprint density at radius 1 is 1.24 bits per heavy atom. The Morgan fingerprint density at radius 3 is 2.48 bits per heavy atom. The minimum Gasteiger partial charge on any atom is -0.345 e. The Bertz CT molecular complexity index is 516. The van der Waals surface area contributed by atoms with Gasteiger partial charge in [0, 0.05) is 32.4 Å². The molecule has 1 aromatic rings. The maximum Gasteiger partial charge on any atom is 0.251 e. The molecule has 0 saturated carbocycles. The van der Waals surface area contributed by atoms with Crippen LogP contribution in [0.5, 0.6) is 0 Å². The number of hydrogen-bond acceptors (Lipinski definition) is 4. The lowest BCUT2D eigenvalue weighted by atomic mass is 10.0. The molecular formula is C14H18N4O3. The molecule has 0 bridgehead atoms. The number of nitrogens with zero attached hydrogens (tertiary/aromatic N) is 2. The highest BCUT2D eigenvalue weighted by Gasteiger charge is 2.33. The van der Waals surface area contributed by atoms with Crippen LogP contribution in [0.25, 0.3) is 0 Å². The molecule has 0 spiro atoms. The lowest BCUT2D eigenvalue weighted by Gasteiger charge is -2.17. The van der Waals surface area contributed by atoms with Crippen LogP contribution in [0.3, 0.4) is 0 Å². The van der Waals surface area contributed by atoms with Gasteiger partial charge >= 0.3 is 0 Å². The van der Waals surface area contributed by atoms with Crippen molar-refractivity contribution < 1.29 is 14.4 Å². The smallest absolute Gasteiger partial charge is 0.251 e. The minimum atomic E-state index is -0.762. The fraction of sp³-hybridized carbons (Fsp3) is 0.429. The predicted molar refractivity (Wildman–Crippen MR) is 74.6 cm³/mol. The summed E-state index contributed by atoms with van der Waals surface area (Å²) in [6, 6.07) is 3.82.